The molecule has 4 N–H and O–H groups in total. The average Bonchev–Trinajstić information content (AvgIpc) is 2.31. The Morgan fingerprint density at radius 2 is 1.75 bits per heavy atom. The van der Waals surface area contributed by atoms with Gasteiger partial charge in [-0.25, -0.2) is 9.59 Å². The van der Waals surface area contributed by atoms with Crippen LogP contribution in [0.15, 0.2) is 0 Å². The van der Waals surface area contributed by atoms with Gasteiger partial charge < -0.3 is 25.7 Å². The van der Waals surface area contributed by atoms with Crippen LogP contribution in [0.1, 0.15) is 26.7 Å². The number of likely N-dealkylation sites (N-methyl/N-ethyl adjacent to an activating group) is 1. The minimum atomic E-state index is -1.26. The molecule has 1 atom stereocenters. The maximum atomic E-state index is 11.6. The van der Waals surface area contributed by atoms with E-state index in [9.17, 15) is 14.4 Å². The third-order valence-corrected chi connectivity index (χ3v) is 3.14. The first-order valence-corrected chi connectivity index (χ1v) is 6.22. The summed E-state index contributed by atoms with van der Waals surface area (Å²) >= 11 is 0. The number of nitrogens with one attached hydrogen (secondary N) is 2. The van der Waals surface area contributed by atoms with Crippen LogP contribution in [0.25, 0.3) is 0 Å². The Bertz CT molecular complexity index is 368. The highest BCUT2D eigenvalue weighted by molar-refractivity contribution is 5.83. The molecule has 0 spiro atoms. The molecule has 0 radical (unpaired) electrons. The molecule has 0 rings (SSSR count). The van der Waals surface area contributed by atoms with E-state index in [0.717, 1.165) is 0 Å². The van der Waals surface area contributed by atoms with Gasteiger partial charge in [0, 0.05) is 18.5 Å². The van der Waals surface area contributed by atoms with Gasteiger partial charge in [-0.3, -0.25) is 4.79 Å². The standard InChI is InChI=1S/C12H23N3O5/c1-12(2,15(3)4)7-13-11(20)14-8(10(18)19)5-6-9(16)17/h8H,5-7H2,1-4H3,(H,16,17)(H,18,19)(H2,13,14,20)/t8-/m0/s1. The molecule has 0 aromatic carbocycles. The van der Waals surface area contributed by atoms with Gasteiger partial charge in [-0.05, 0) is 34.4 Å². The lowest BCUT2D eigenvalue weighted by atomic mass is 10.0. The number of aliphatic carboxylic acids is 2. The third kappa shape index (κ3) is 6.93. The van der Waals surface area contributed by atoms with Crippen LogP contribution in [0.3, 0.4) is 0 Å². The van der Waals surface area contributed by atoms with E-state index in [1.165, 1.54) is 0 Å². The van der Waals surface area contributed by atoms with Crippen LogP contribution in [0, 0.1) is 0 Å². The predicted octanol–water partition coefficient (Wildman–Crippen LogP) is -0.0562. The van der Waals surface area contributed by atoms with Crippen LogP contribution in [0.4, 0.5) is 4.79 Å². The Labute approximate surface area is 118 Å². The molecule has 0 fully saturated rings. The predicted molar refractivity (Wildman–Crippen MR) is 72.6 cm³/mol. The summed E-state index contributed by atoms with van der Waals surface area (Å²) in [4.78, 5) is 34.9. The summed E-state index contributed by atoms with van der Waals surface area (Å²) < 4.78 is 0. The van der Waals surface area contributed by atoms with Crippen molar-refractivity contribution in [3.05, 3.63) is 0 Å². The second-order valence-electron chi connectivity index (χ2n) is 5.36. The first kappa shape index (κ1) is 18.2. The van der Waals surface area contributed by atoms with E-state index in [1.807, 2.05) is 32.8 Å². The highest BCUT2D eigenvalue weighted by atomic mass is 16.4. The zero-order chi connectivity index (χ0) is 15.9. The molecule has 20 heavy (non-hydrogen) atoms. The van der Waals surface area contributed by atoms with E-state index in [0.29, 0.717) is 6.54 Å². The van der Waals surface area contributed by atoms with Crippen molar-refractivity contribution in [2.24, 2.45) is 0 Å². The quantitative estimate of drug-likeness (QED) is 0.497. The van der Waals surface area contributed by atoms with E-state index < -0.39 is 24.0 Å². The maximum Gasteiger partial charge on any atom is 0.326 e. The van der Waals surface area contributed by atoms with Crippen molar-refractivity contribution in [1.29, 1.82) is 0 Å². The number of carbonyl (C=O) groups is 3. The number of hydrogen-bond acceptors (Lipinski definition) is 4. The molecule has 0 unspecified atom stereocenters. The van der Waals surface area contributed by atoms with Gasteiger partial charge in [-0.1, -0.05) is 0 Å². The van der Waals surface area contributed by atoms with E-state index in [1.54, 1.807) is 0 Å². The largest absolute Gasteiger partial charge is 0.481 e. The summed E-state index contributed by atoms with van der Waals surface area (Å²) in [6.07, 6.45) is -0.477. The minimum Gasteiger partial charge on any atom is -0.481 e. The van der Waals surface area contributed by atoms with Crippen molar-refractivity contribution in [2.45, 2.75) is 38.3 Å². The number of carboxylic acids is 2. The highest BCUT2D eigenvalue weighted by Crippen LogP contribution is 2.07. The molecule has 8 heteroatoms. The molecular weight excluding hydrogens is 266 g/mol. The van der Waals surface area contributed by atoms with Crippen LogP contribution in [-0.2, 0) is 9.59 Å². The van der Waals surface area contributed by atoms with Gasteiger partial charge in [-0.2, -0.15) is 0 Å². The van der Waals surface area contributed by atoms with Gasteiger partial charge >= 0.3 is 18.0 Å². The third-order valence-electron chi connectivity index (χ3n) is 3.14. The second kappa shape index (κ2) is 7.68. The summed E-state index contributed by atoms with van der Waals surface area (Å²) in [5, 5.41) is 22.3. The molecule has 0 aromatic rings. The molecule has 0 aromatic heterocycles. The van der Waals surface area contributed by atoms with Crippen molar-refractivity contribution in [3.63, 3.8) is 0 Å². The molecule has 116 valence electrons. The van der Waals surface area contributed by atoms with E-state index >= 15 is 0 Å². The molecule has 0 saturated carbocycles. The van der Waals surface area contributed by atoms with E-state index in [-0.39, 0.29) is 18.4 Å². The van der Waals surface area contributed by atoms with Gasteiger partial charge in [0.15, 0.2) is 0 Å². The molecule has 0 saturated heterocycles. The average molecular weight is 289 g/mol. The molecule has 0 bridgehead atoms. The van der Waals surface area contributed by atoms with Crippen molar-refractivity contribution >= 4 is 18.0 Å². The molecule has 2 amide bonds. The number of carbonyl (C=O) groups excluding carboxylic acids is 1. The summed E-state index contributed by atoms with van der Waals surface area (Å²) in [5.74, 6) is -2.36. The Kier molecular flexibility index (Phi) is 6.98. The number of rotatable bonds is 8. The van der Waals surface area contributed by atoms with Gasteiger partial charge in [-0.15, -0.1) is 0 Å². The molecular formula is C12H23N3O5. The monoisotopic (exact) mass is 289 g/mol. The lowest BCUT2D eigenvalue weighted by Crippen LogP contribution is -2.52. The zero-order valence-electron chi connectivity index (χ0n) is 12.3. The van der Waals surface area contributed by atoms with E-state index in [2.05, 4.69) is 10.6 Å². The topological polar surface area (TPSA) is 119 Å². The SMILES string of the molecule is CN(C)C(C)(C)CNC(=O)N[C@@H](CCC(=O)O)C(=O)O. The Balaban J connectivity index is 4.33. The molecule has 0 aliphatic carbocycles. The van der Waals surface area contributed by atoms with E-state index in [4.69, 9.17) is 10.2 Å². The molecule has 0 aliphatic rings. The fourth-order valence-corrected chi connectivity index (χ4v) is 1.19. The number of carboxylic acid groups (broad SMARTS) is 2. The fourth-order valence-electron chi connectivity index (χ4n) is 1.19. The summed E-state index contributed by atoms with van der Waals surface area (Å²) in [6.45, 7) is 4.18. The number of urea groups is 1. The summed E-state index contributed by atoms with van der Waals surface area (Å²) in [5.41, 5.74) is -0.281. The van der Waals surface area contributed by atoms with Gasteiger partial charge in [0.1, 0.15) is 6.04 Å². The summed E-state index contributed by atoms with van der Waals surface area (Å²) in [6, 6.07) is -1.84. The molecule has 0 heterocycles. The number of hydrogen-bond donors (Lipinski definition) is 4. The summed E-state index contributed by atoms with van der Waals surface area (Å²) in [7, 11) is 3.74. The normalized spacial score (nSPS) is 12.8. The second-order valence-corrected chi connectivity index (χ2v) is 5.36. The molecule has 0 aliphatic heterocycles. The van der Waals surface area contributed by atoms with Gasteiger partial charge in [0.05, 0.1) is 0 Å². The molecule has 8 nitrogen and oxygen atoms in total. The van der Waals surface area contributed by atoms with Crippen LogP contribution in [0.5, 0.6) is 0 Å². The van der Waals surface area contributed by atoms with Crippen LogP contribution in [-0.4, -0.2) is 65.3 Å². The van der Waals surface area contributed by atoms with Gasteiger partial charge in [0.2, 0.25) is 0 Å². The minimum absolute atomic E-state index is 0.158. The Morgan fingerprint density at radius 1 is 1.20 bits per heavy atom. The van der Waals surface area contributed by atoms with Crippen molar-refractivity contribution in [2.75, 3.05) is 20.6 Å². The Morgan fingerprint density at radius 3 is 2.15 bits per heavy atom. The van der Waals surface area contributed by atoms with Crippen LogP contribution in [0.2, 0.25) is 0 Å². The first-order chi connectivity index (χ1) is 9.06. The number of nitrogens with zero attached hydrogens (tertiary/aromatic N) is 1. The van der Waals surface area contributed by atoms with Crippen LogP contribution < -0.4 is 10.6 Å². The lowest BCUT2D eigenvalue weighted by Gasteiger charge is -2.32. The smallest absolute Gasteiger partial charge is 0.326 e. The lowest BCUT2D eigenvalue weighted by molar-refractivity contribution is -0.140. The fraction of sp³-hybridized carbons (Fsp3) is 0.750. The van der Waals surface area contributed by atoms with Crippen molar-refractivity contribution in [1.82, 2.24) is 15.5 Å². The van der Waals surface area contributed by atoms with Crippen molar-refractivity contribution in [3.8, 4) is 0 Å². The highest BCUT2D eigenvalue weighted by Gasteiger charge is 2.24. The Hall–Kier alpha value is -1.83. The maximum absolute atomic E-state index is 11.6. The van der Waals surface area contributed by atoms with Crippen molar-refractivity contribution < 1.29 is 24.6 Å². The van der Waals surface area contributed by atoms with Gasteiger partial charge in [0.25, 0.3) is 0 Å². The van der Waals surface area contributed by atoms with Crippen LogP contribution >= 0.6 is 0 Å². The number of amides is 2. The zero-order valence-corrected chi connectivity index (χ0v) is 12.3. The first-order valence-electron chi connectivity index (χ1n) is 6.22.